The monoisotopic (exact) mass is 559 g/mol. The second-order valence-electron chi connectivity index (χ2n) is 10.1. The van der Waals surface area contributed by atoms with E-state index in [-0.39, 0.29) is 5.75 Å². The summed E-state index contributed by atoms with van der Waals surface area (Å²) in [4.78, 5) is 4.95. The zero-order chi connectivity index (χ0) is 28.9. The number of hydrogen-bond donors (Lipinski definition) is 4. The normalized spacial score (nSPS) is 13.0. The van der Waals surface area contributed by atoms with Gasteiger partial charge in [-0.15, -0.1) is 0 Å². The highest BCUT2D eigenvalue weighted by Gasteiger charge is 2.24. The largest absolute Gasteiger partial charge is 0.508 e. The number of aromatic nitrogens is 3. The van der Waals surface area contributed by atoms with Crippen LogP contribution in [0.4, 0.5) is 0 Å². The molecule has 212 valence electrons. The van der Waals surface area contributed by atoms with Gasteiger partial charge in [0, 0.05) is 54.8 Å². The van der Waals surface area contributed by atoms with Crippen LogP contribution in [0, 0.1) is 0 Å². The van der Waals surface area contributed by atoms with E-state index in [4.69, 9.17) is 14.5 Å². The third-order valence-electron chi connectivity index (χ3n) is 7.46. The molecule has 0 spiro atoms. The van der Waals surface area contributed by atoms with Gasteiger partial charge in [0.05, 0.1) is 11.9 Å². The van der Waals surface area contributed by atoms with E-state index >= 15 is 0 Å². The summed E-state index contributed by atoms with van der Waals surface area (Å²) in [6.07, 6.45) is 0.941. The van der Waals surface area contributed by atoms with E-state index in [0.717, 1.165) is 49.7 Å². The van der Waals surface area contributed by atoms with Gasteiger partial charge in [-0.25, -0.2) is 4.98 Å². The van der Waals surface area contributed by atoms with Gasteiger partial charge in [0.1, 0.15) is 18.2 Å². The summed E-state index contributed by atoms with van der Waals surface area (Å²) in [5.41, 5.74) is 6.52. The van der Waals surface area contributed by atoms with Crippen LogP contribution in [0.5, 0.6) is 5.75 Å². The number of nitrogens with one attached hydrogen (secondary N) is 3. The quantitative estimate of drug-likeness (QED) is 0.137. The molecular weight excluding hydrogens is 526 g/mol. The topological polar surface area (TPSA) is 104 Å². The zero-order valence-corrected chi connectivity index (χ0v) is 23.5. The smallest absolute Gasteiger partial charge is 0.156 e. The number of aromatic hydroxyl groups is 1. The van der Waals surface area contributed by atoms with E-state index in [0.29, 0.717) is 18.7 Å². The first-order valence-electron chi connectivity index (χ1n) is 13.8. The van der Waals surface area contributed by atoms with Crippen molar-refractivity contribution >= 4 is 21.8 Å². The van der Waals surface area contributed by atoms with Gasteiger partial charge in [-0.1, -0.05) is 60.7 Å². The summed E-state index contributed by atoms with van der Waals surface area (Å²) in [6.45, 7) is 1.25. The molecule has 0 saturated carbocycles. The summed E-state index contributed by atoms with van der Waals surface area (Å²) in [6, 6.07) is 31.8. The molecule has 0 fully saturated rings. The fourth-order valence-corrected chi connectivity index (χ4v) is 5.33. The number of benzene rings is 4. The van der Waals surface area contributed by atoms with E-state index in [1.807, 2.05) is 48.5 Å². The lowest BCUT2D eigenvalue weighted by molar-refractivity contribution is 0.0531. The summed E-state index contributed by atoms with van der Waals surface area (Å²) in [5.74, 6) is 0.200. The lowest BCUT2D eigenvalue weighted by Crippen LogP contribution is -2.28. The molecule has 0 aliphatic heterocycles. The summed E-state index contributed by atoms with van der Waals surface area (Å²) < 4.78 is 12.1. The number of pyridine rings is 1. The molecular formula is C34H33N5O3. The van der Waals surface area contributed by atoms with Crippen molar-refractivity contribution < 1.29 is 14.6 Å². The van der Waals surface area contributed by atoms with Gasteiger partial charge in [0.2, 0.25) is 0 Å². The number of fused-ring (bicyclic) bond motifs is 3. The van der Waals surface area contributed by atoms with Crippen molar-refractivity contribution in [1.29, 1.82) is 0 Å². The third kappa shape index (κ3) is 5.74. The Labute approximate surface area is 244 Å². The second-order valence-corrected chi connectivity index (χ2v) is 10.1. The Bertz CT molecular complexity index is 1770. The highest BCUT2D eigenvalue weighted by molar-refractivity contribution is 6.10. The zero-order valence-electron chi connectivity index (χ0n) is 23.5. The van der Waals surface area contributed by atoms with Crippen LogP contribution in [0.2, 0.25) is 0 Å². The van der Waals surface area contributed by atoms with Crippen molar-refractivity contribution in [1.82, 2.24) is 25.8 Å². The molecule has 0 bridgehead atoms. The molecule has 8 heteroatoms. The van der Waals surface area contributed by atoms with Gasteiger partial charge in [-0.3, -0.25) is 15.7 Å². The molecule has 8 nitrogen and oxygen atoms in total. The van der Waals surface area contributed by atoms with Gasteiger partial charge in [0.25, 0.3) is 0 Å². The minimum Gasteiger partial charge on any atom is -0.508 e. The van der Waals surface area contributed by atoms with Crippen LogP contribution in [0.1, 0.15) is 34.7 Å². The minimum atomic E-state index is -0.437. The average molecular weight is 560 g/mol. The molecule has 6 rings (SSSR count). The molecule has 4 aromatic carbocycles. The molecule has 0 amide bonds. The molecule has 2 atom stereocenters. The maximum absolute atomic E-state index is 9.93. The van der Waals surface area contributed by atoms with Crippen LogP contribution in [0.3, 0.4) is 0 Å². The standard InChI is InChI=1S/C34H33N5O3/c1-41-33(35-19-22-9-5-3-6-10-22)28-17-26-27(18-29(28)34(42-2)36-20-23-11-7-4-8-12-23)31(24-13-15-25(40)16-14-24)38-32-30(26)21-37-39-32/h3-18,21,33-36,40H,19-20H2,1-2H3,(H,37,38,39). The molecule has 0 aliphatic carbocycles. The number of nitrogens with zero attached hydrogens (tertiary/aromatic N) is 2. The van der Waals surface area contributed by atoms with Crippen LogP contribution < -0.4 is 10.6 Å². The fraction of sp³-hybridized carbons (Fsp3) is 0.176. The summed E-state index contributed by atoms with van der Waals surface area (Å²) >= 11 is 0. The first kappa shape index (κ1) is 27.6. The lowest BCUT2D eigenvalue weighted by Gasteiger charge is -2.27. The number of ether oxygens (including phenoxy) is 2. The number of aromatic amines is 1. The van der Waals surface area contributed by atoms with Crippen molar-refractivity contribution in [2.45, 2.75) is 25.5 Å². The Morgan fingerprint density at radius 2 is 1.26 bits per heavy atom. The van der Waals surface area contributed by atoms with E-state index < -0.39 is 12.5 Å². The lowest BCUT2D eigenvalue weighted by atomic mass is 9.94. The number of rotatable bonds is 11. The fourth-order valence-electron chi connectivity index (χ4n) is 5.33. The van der Waals surface area contributed by atoms with Gasteiger partial charge >= 0.3 is 0 Å². The van der Waals surface area contributed by atoms with E-state index in [1.165, 1.54) is 0 Å². The van der Waals surface area contributed by atoms with Crippen LogP contribution in [0.25, 0.3) is 33.1 Å². The number of phenols is 1. The Hall–Kier alpha value is -4.60. The van der Waals surface area contributed by atoms with Crippen molar-refractivity contribution in [2.24, 2.45) is 0 Å². The highest BCUT2D eigenvalue weighted by Crippen LogP contribution is 2.38. The Kier molecular flexibility index (Phi) is 8.21. The maximum atomic E-state index is 9.93. The first-order valence-corrected chi connectivity index (χ1v) is 13.8. The van der Waals surface area contributed by atoms with Crippen LogP contribution in [-0.4, -0.2) is 34.5 Å². The molecule has 0 radical (unpaired) electrons. The second kappa shape index (κ2) is 12.5. The molecule has 2 aromatic heterocycles. The summed E-state index contributed by atoms with van der Waals surface area (Å²) in [7, 11) is 3.41. The first-order chi connectivity index (χ1) is 20.6. The Morgan fingerprint density at radius 3 is 1.81 bits per heavy atom. The number of phenolic OH excluding ortho intramolecular Hbond substituents is 1. The van der Waals surface area contributed by atoms with Crippen LogP contribution in [0.15, 0.2) is 103 Å². The highest BCUT2D eigenvalue weighted by atomic mass is 16.5. The molecule has 0 aliphatic rings. The van der Waals surface area contributed by atoms with Crippen molar-refractivity contribution in [3.8, 4) is 17.0 Å². The molecule has 6 aromatic rings. The molecule has 4 N–H and O–H groups in total. The minimum absolute atomic E-state index is 0.200. The number of hydrogen-bond acceptors (Lipinski definition) is 7. The SMILES string of the molecule is COC(NCc1ccccc1)c1cc2c(-c3ccc(O)cc3)nc3[nH]ncc3c2cc1C(NCc1ccccc1)OC. The van der Waals surface area contributed by atoms with E-state index in [1.54, 1.807) is 32.5 Å². The van der Waals surface area contributed by atoms with Crippen LogP contribution in [-0.2, 0) is 22.6 Å². The maximum Gasteiger partial charge on any atom is 0.156 e. The third-order valence-corrected chi connectivity index (χ3v) is 7.46. The predicted octanol–water partition coefficient (Wildman–Crippen LogP) is 6.35. The van der Waals surface area contributed by atoms with E-state index in [9.17, 15) is 5.11 Å². The van der Waals surface area contributed by atoms with Gasteiger partial charge < -0.3 is 14.6 Å². The van der Waals surface area contributed by atoms with Gasteiger partial charge in [-0.2, -0.15) is 5.10 Å². The predicted molar refractivity (Wildman–Crippen MR) is 165 cm³/mol. The van der Waals surface area contributed by atoms with Gasteiger partial charge in [0.15, 0.2) is 5.65 Å². The van der Waals surface area contributed by atoms with Gasteiger partial charge in [-0.05, 0) is 52.9 Å². The molecule has 42 heavy (non-hydrogen) atoms. The van der Waals surface area contributed by atoms with Crippen LogP contribution >= 0.6 is 0 Å². The average Bonchev–Trinajstić information content (AvgIpc) is 3.52. The number of methoxy groups -OCH3 is 2. The summed E-state index contributed by atoms with van der Waals surface area (Å²) in [5, 5.41) is 27.3. The molecule has 2 unspecified atom stereocenters. The van der Waals surface area contributed by atoms with Crippen molar-refractivity contribution in [3.05, 3.63) is 126 Å². The van der Waals surface area contributed by atoms with E-state index in [2.05, 4.69) is 57.2 Å². The number of H-pyrrole nitrogens is 1. The molecule has 0 saturated heterocycles. The Balaban J connectivity index is 1.51. The Morgan fingerprint density at radius 1 is 0.714 bits per heavy atom. The van der Waals surface area contributed by atoms with Crippen molar-refractivity contribution in [2.75, 3.05) is 14.2 Å². The molecule has 2 heterocycles. The van der Waals surface area contributed by atoms with Crippen molar-refractivity contribution in [3.63, 3.8) is 0 Å².